The van der Waals surface area contributed by atoms with Crippen LogP contribution >= 0.6 is 0 Å². The summed E-state index contributed by atoms with van der Waals surface area (Å²) in [7, 11) is 0. The van der Waals surface area contributed by atoms with E-state index in [1.165, 1.54) is 0 Å². The molecule has 1 aromatic carbocycles. The normalized spacial score (nSPS) is 9.94. The largest absolute Gasteiger partial charge is 0.491 e. The van der Waals surface area contributed by atoms with Crippen LogP contribution in [0.2, 0.25) is 0 Å². The first-order valence-corrected chi connectivity index (χ1v) is 4.86. The molecule has 0 atom stereocenters. The van der Waals surface area contributed by atoms with Crippen molar-refractivity contribution in [2.24, 2.45) is 5.73 Å². The minimum Gasteiger partial charge on any atom is -0.491 e. The number of ether oxygens (including phenoxy) is 1. The van der Waals surface area contributed by atoms with Gasteiger partial charge in [0.25, 0.3) is 5.91 Å². The summed E-state index contributed by atoms with van der Waals surface area (Å²) in [6, 6.07) is 5.67. The average Bonchev–Trinajstić information content (AvgIpc) is 2.16. The molecular formula is C11H14N2O3. The molecule has 0 aliphatic carbocycles. The zero-order valence-electron chi connectivity index (χ0n) is 9.19. The van der Waals surface area contributed by atoms with Gasteiger partial charge in [0.05, 0.1) is 6.10 Å². The van der Waals surface area contributed by atoms with Gasteiger partial charge in [0.2, 0.25) is 0 Å². The number of rotatable bonds is 3. The zero-order valence-corrected chi connectivity index (χ0v) is 9.19. The van der Waals surface area contributed by atoms with E-state index in [4.69, 9.17) is 10.5 Å². The number of amides is 3. The van der Waals surface area contributed by atoms with Gasteiger partial charge in [-0.05, 0) is 32.0 Å². The predicted molar refractivity (Wildman–Crippen MR) is 59.3 cm³/mol. The summed E-state index contributed by atoms with van der Waals surface area (Å²) in [5.41, 5.74) is 5.18. The van der Waals surface area contributed by atoms with Crippen LogP contribution in [0.3, 0.4) is 0 Å². The first-order valence-electron chi connectivity index (χ1n) is 4.86. The van der Waals surface area contributed by atoms with E-state index in [1.807, 2.05) is 19.2 Å². The molecule has 5 heteroatoms. The van der Waals surface area contributed by atoms with Crippen LogP contribution in [-0.4, -0.2) is 18.0 Å². The second kappa shape index (κ2) is 5.16. The summed E-state index contributed by atoms with van der Waals surface area (Å²) in [6.45, 7) is 3.77. The quantitative estimate of drug-likeness (QED) is 0.808. The van der Waals surface area contributed by atoms with Crippen molar-refractivity contribution in [3.63, 3.8) is 0 Å². The molecule has 3 N–H and O–H groups in total. The highest BCUT2D eigenvalue weighted by Gasteiger charge is 2.08. The van der Waals surface area contributed by atoms with Crippen LogP contribution in [0.15, 0.2) is 24.3 Å². The average molecular weight is 222 g/mol. The van der Waals surface area contributed by atoms with E-state index in [0.29, 0.717) is 11.3 Å². The fourth-order valence-corrected chi connectivity index (χ4v) is 1.17. The molecule has 0 saturated carbocycles. The van der Waals surface area contributed by atoms with Gasteiger partial charge in [0.15, 0.2) is 0 Å². The summed E-state index contributed by atoms with van der Waals surface area (Å²) in [5, 5.41) is 1.98. The Bertz CT molecular complexity index is 402. The SMILES string of the molecule is CC(C)Oc1cccc(C(=O)NC(N)=O)c1. The van der Waals surface area contributed by atoms with Gasteiger partial charge in [0, 0.05) is 5.56 Å². The second-order valence-corrected chi connectivity index (χ2v) is 3.51. The molecule has 0 spiro atoms. The van der Waals surface area contributed by atoms with Crippen LogP contribution in [0.5, 0.6) is 5.75 Å². The highest BCUT2D eigenvalue weighted by molar-refractivity contribution is 6.03. The number of nitrogens with two attached hydrogens (primary N) is 1. The first kappa shape index (κ1) is 12.0. The molecule has 0 radical (unpaired) electrons. The maximum absolute atomic E-state index is 11.4. The summed E-state index contributed by atoms with van der Waals surface area (Å²) < 4.78 is 5.41. The molecule has 1 aromatic rings. The first-order chi connectivity index (χ1) is 7.49. The molecule has 0 aliphatic heterocycles. The van der Waals surface area contributed by atoms with Crippen molar-refractivity contribution in [2.75, 3.05) is 0 Å². The molecule has 0 aliphatic rings. The molecule has 5 nitrogen and oxygen atoms in total. The lowest BCUT2D eigenvalue weighted by Gasteiger charge is -2.10. The van der Waals surface area contributed by atoms with Crippen molar-refractivity contribution in [3.05, 3.63) is 29.8 Å². The standard InChI is InChI=1S/C11H14N2O3/c1-7(2)16-9-5-3-4-8(6-9)10(14)13-11(12)15/h3-7H,1-2H3,(H3,12,13,14,15). The molecule has 0 fully saturated rings. The van der Waals surface area contributed by atoms with Crippen LogP contribution in [0, 0.1) is 0 Å². The topological polar surface area (TPSA) is 81.4 Å². The van der Waals surface area contributed by atoms with Crippen molar-refractivity contribution in [3.8, 4) is 5.75 Å². The van der Waals surface area contributed by atoms with Gasteiger partial charge in [-0.25, -0.2) is 4.79 Å². The maximum Gasteiger partial charge on any atom is 0.319 e. The third-order valence-corrected chi connectivity index (χ3v) is 1.70. The number of carbonyl (C=O) groups is 2. The highest BCUT2D eigenvalue weighted by Crippen LogP contribution is 2.14. The van der Waals surface area contributed by atoms with Gasteiger partial charge in [0.1, 0.15) is 5.75 Å². The van der Waals surface area contributed by atoms with E-state index < -0.39 is 11.9 Å². The van der Waals surface area contributed by atoms with Gasteiger partial charge < -0.3 is 10.5 Å². The molecule has 3 amide bonds. The molecule has 1 rings (SSSR count). The zero-order chi connectivity index (χ0) is 12.1. The molecule has 0 aromatic heterocycles. The highest BCUT2D eigenvalue weighted by atomic mass is 16.5. The Labute approximate surface area is 93.6 Å². The number of hydrogen-bond acceptors (Lipinski definition) is 3. The maximum atomic E-state index is 11.4. The Kier molecular flexibility index (Phi) is 3.88. The fraction of sp³-hybridized carbons (Fsp3) is 0.273. The van der Waals surface area contributed by atoms with E-state index in [2.05, 4.69) is 0 Å². The van der Waals surface area contributed by atoms with E-state index in [0.717, 1.165) is 0 Å². The lowest BCUT2D eigenvalue weighted by molar-refractivity contribution is 0.0965. The Hall–Kier alpha value is -2.04. The van der Waals surface area contributed by atoms with Crippen LogP contribution in [0.25, 0.3) is 0 Å². The third-order valence-electron chi connectivity index (χ3n) is 1.70. The fourth-order valence-electron chi connectivity index (χ4n) is 1.17. The van der Waals surface area contributed by atoms with Crippen molar-refractivity contribution in [2.45, 2.75) is 20.0 Å². The summed E-state index contributed by atoms with van der Waals surface area (Å²) >= 11 is 0. The molecule has 16 heavy (non-hydrogen) atoms. The Morgan fingerprint density at radius 1 is 1.38 bits per heavy atom. The minimum absolute atomic E-state index is 0.0226. The number of urea groups is 1. The monoisotopic (exact) mass is 222 g/mol. The molecule has 0 heterocycles. The number of carbonyl (C=O) groups excluding carboxylic acids is 2. The minimum atomic E-state index is -0.875. The Balaban J connectivity index is 2.81. The van der Waals surface area contributed by atoms with Crippen molar-refractivity contribution in [1.29, 1.82) is 0 Å². The Morgan fingerprint density at radius 3 is 2.62 bits per heavy atom. The van der Waals surface area contributed by atoms with E-state index in [-0.39, 0.29) is 6.10 Å². The lowest BCUT2D eigenvalue weighted by Crippen LogP contribution is -2.34. The van der Waals surface area contributed by atoms with Crippen molar-refractivity contribution < 1.29 is 14.3 Å². The van der Waals surface area contributed by atoms with Gasteiger partial charge in [-0.1, -0.05) is 6.07 Å². The number of nitrogens with one attached hydrogen (secondary N) is 1. The van der Waals surface area contributed by atoms with E-state index in [9.17, 15) is 9.59 Å². The second-order valence-electron chi connectivity index (χ2n) is 3.51. The molecule has 0 bridgehead atoms. The molecule has 0 unspecified atom stereocenters. The Morgan fingerprint density at radius 2 is 2.06 bits per heavy atom. The predicted octanol–water partition coefficient (Wildman–Crippen LogP) is 1.28. The molecular weight excluding hydrogens is 208 g/mol. The van der Waals surface area contributed by atoms with Gasteiger partial charge in [-0.3, -0.25) is 10.1 Å². The summed E-state index contributed by atoms with van der Waals surface area (Å²) in [5.74, 6) is 0.0360. The summed E-state index contributed by atoms with van der Waals surface area (Å²) in [4.78, 5) is 21.9. The van der Waals surface area contributed by atoms with Gasteiger partial charge >= 0.3 is 6.03 Å². The van der Waals surface area contributed by atoms with E-state index in [1.54, 1.807) is 24.3 Å². The van der Waals surface area contributed by atoms with Gasteiger partial charge in [-0.2, -0.15) is 0 Å². The van der Waals surface area contributed by atoms with Crippen LogP contribution in [0.4, 0.5) is 4.79 Å². The molecule has 86 valence electrons. The smallest absolute Gasteiger partial charge is 0.319 e. The number of imide groups is 1. The van der Waals surface area contributed by atoms with Crippen LogP contribution < -0.4 is 15.8 Å². The van der Waals surface area contributed by atoms with Crippen LogP contribution in [-0.2, 0) is 0 Å². The van der Waals surface area contributed by atoms with E-state index >= 15 is 0 Å². The summed E-state index contributed by atoms with van der Waals surface area (Å²) in [6.07, 6.45) is 0.0226. The van der Waals surface area contributed by atoms with Crippen LogP contribution in [0.1, 0.15) is 24.2 Å². The number of benzene rings is 1. The van der Waals surface area contributed by atoms with Gasteiger partial charge in [-0.15, -0.1) is 0 Å². The number of primary amides is 1. The number of hydrogen-bond donors (Lipinski definition) is 2. The molecule has 0 saturated heterocycles. The van der Waals surface area contributed by atoms with Crippen molar-refractivity contribution in [1.82, 2.24) is 5.32 Å². The third kappa shape index (κ3) is 3.61. The van der Waals surface area contributed by atoms with Crippen molar-refractivity contribution >= 4 is 11.9 Å². The lowest BCUT2D eigenvalue weighted by atomic mass is 10.2.